The SMILES string of the molecule is Nc1c(C(=O)c2ccc(F)cc2F)ccnc1-c1ccc(Cl)cc1. The smallest absolute Gasteiger partial charge is 0.198 e. The molecule has 0 amide bonds. The number of rotatable bonds is 3. The Kier molecular flexibility index (Phi) is 4.27. The molecule has 3 aromatic rings. The van der Waals surface area contributed by atoms with Crippen LogP contribution >= 0.6 is 11.6 Å². The zero-order valence-electron chi connectivity index (χ0n) is 12.3. The van der Waals surface area contributed by atoms with Crippen LogP contribution in [0, 0.1) is 11.6 Å². The highest BCUT2D eigenvalue weighted by Gasteiger charge is 2.19. The number of nitrogens with zero attached hydrogens (tertiary/aromatic N) is 1. The first-order chi connectivity index (χ1) is 11.5. The number of carbonyl (C=O) groups excluding carboxylic acids is 1. The van der Waals surface area contributed by atoms with E-state index in [2.05, 4.69) is 4.98 Å². The molecule has 1 heterocycles. The van der Waals surface area contributed by atoms with E-state index >= 15 is 0 Å². The molecule has 0 spiro atoms. The summed E-state index contributed by atoms with van der Waals surface area (Å²) in [6, 6.07) is 11.0. The van der Waals surface area contributed by atoms with Crippen LogP contribution in [0.2, 0.25) is 5.02 Å². The Morgan fingerprint density at radius 3 is 2.38 bits per heavy atom. The van der Waals surface area contributed by atoms with Gasteiger partial charge >= 0.3 is 0 Å². The van der Waals surface area contributed by atoms with Gasteiger partial charge in [-0.05, 0) is 30.3 Å². The molecule has 0 radical (unpaired) electrons. The molecule has 120 valence electrons. The average molecular weight is 345 g/mol. The molecule has 0 saturated carbocycles. The van der Waals surface area contributed by atoms with Crippen LogP contribution in [-0.4, -0.2) is 10.8 Å². The molecule has 0 aliphatic heterocycles. The van der Waals surface area contributed by atoms with Crippen molar-refractivity contribution in [3.8, 4) is 11.3 Å². The highest BCUT2D eigenvalue weighted by molar-refractivity contribution is 6.30. The second-order valence-corrected chi connectivity index (χ2v) is 5.52. The number of anilines is 1. The van der Waals surface area contributed by atoms with E-state index in [4.69, 9.17) is 17.3 Å². The number of pyridine rings is 1. The van der Waals surface area contributed by atoms with E-state index in [9.17, 15) is 13.6 Å². The van der Waals surface area contributed by atoms with Gasteiger partial charge in [-0.3, -0.25) is 9.78 Å². The number of carbonyl (C=O) groups is 1. The third-order valence-electron chi connectivity index (χ3n) is 3.53. The first-order valence-corrected chi connectivity index (χ1v) is 7.35. The fourth-order valence-corrected chi connectivity index (χ4v) is 2.45. The second-order valence-electron chi connectivity index (χ2n) is 5.08. The number of nitrogens with two attached hydrogens (primary N) is 1. The molecule has 0 saturated heterocycles. The summed E-state index contributed by atoms with van der Waals surface area (Å²) in [5.74, 6) is -2.33. The molecule has 0 atom stereocenters. The van der Waals surface area contributed by atoms with Crippen molar-refractivity contribution in [2.75, 3.05) is 5.73 Å². The minimum absolute atomic E-state index is 0.0976. The van der Waals surface area contributed by atoms with Gasteiger partial charge in [0, 0.05) is 28.4 Å². The topological polar surface area (TPSA) is 56.0 Å². The largest absolute Gasteiger partial charge is 0.396 e. The van der Waals surface area contributed by atoms with Crippen molar-refractivity contribution >= 4 is 23.1 Å². The zero-order chi connectivity index (χ0) is 17.3. The molecule has 1 aromatic heterocycles. The maximum absolute atomic E-state index is 13.9. The molecule has 0 unspecified atom stereocenters. The van der Waals surface area contributed by atoms with E-state index in [-0.39, 0.29) is 16.8 Å². The molecule has 0 fully saturated rings. The number of nitrogen functional groups attached to an aromatic ring is 1. The monoisotopic (exact) mass is 344 g/mol. The van der Waals surface area contributed by atoms with Crippen molar-refractivity contribution in [1.82, 2.24) is 4.98 Å². The van der Waals surface area contributed by atoms with Crippen molar-refractivity contribution in [3.05, 3.63) is 82.5 Å². The summed E-state index contributed by atoms with van der Waals surface area (Å²) in [4.78, 5) is 16.7. The lowest BCUT2D eigenvalue weighted by Gasteiger charge is -2.10. The third-order valence-corrected chi connectivity index (χ3v) is 3.78. The Hall–Kier alpha value is -2.79. The van der Waals surface area contributed by atoms with Crippen molar-refractivity contribution in [2.45, 2.75) is 0 Å². The van der Waals surface area contributed by atoms with Crippen LogP contribution in [0.1, 0.15) is 15.9 Å². The number of aromatic nitrogens is 1. The summed E-state index contributed by atoms with van der Waals surface area (Å²) in [6.45, 7) is 0. The summed E-state index contributed by atoms with van der Waals surface area (Å²) < 4.78 is 26.9. The molecule has 2 N–H and O–H groups in total. The summed E-state index contributed by atoms with van der Waals surface area (Å²) in [5, 5.41) is 0.554. The number of halogens is 3. The molecule has 0 bridgehead atoms. The van der Waals surface area contributed by atoms with Crippen molar-refractivity contribution in [2.24, 2.45) is 0 Å². The molecule has 3 nitrogen and oxygen atoms in total. The Morgan fingerprint density at radius 1 is 1.00 bits per heavy atom. The van der Waals surface area contributed by atoms with Gasteiger partial charge in [0.15, 0.2) is 5.78 Å². The predicted octanol–water partition coefficient (Wildman–Crippen LogP) is 4.49. The van der Waals surface area contributed by atoms with Gasteiger partial charge in [0.25, 0.3) is 0 Å². The van der Waals surface area contributed by atoms with Gasteiger partial charge in [0.1, 0.15) is 11.6 Å². The summed E-state index contributed by atoms with van der Waals surface area (Å²) >= 11 is 5.85. The lowest BCUT2D eigenvalue weighted by molar-refractivity contribution is 0.103. The minimum atomic E-state index is -0.941. The number of ketones is 1. The van der Waals surface area contributed by atoms with Crippen molar-refractivity contribution in [3.63, 3.8) is 0 Å². The Morgan fingerprint density at radius 2 is 1.71 bits per heavy atom. The van der Waals surface area contributed by atoms with Crippen LogP contribution in [0.3, 0.4) is 0 Å². The number of benzene rings is 2. The van der Waals surface area contributed by atoms with Crippen LogP contribution in [0.4, 0.5) is 14.5 Å². The molecule has 6 heteroatoms. The summed E-state index contributed by atoms with van der Waals surface area (Å²) in [5.41, 5.74) is 7.08. The Balaban J connectivity index is 2.07. The normalized spacial score (nSPS) is 10.6. The van der Waals surface area contributed by atoms with Gasteiger partial charge in [-0.15, -0.1) is 0 Å². The van der Waals surface area contributed by atoms with Gasteiger partial charge in [0.05, 0.1) is 16.9 Å². The molecule has 0 aliphatic carbocycles. The predicted molar refractivity (Wildman–Crippen MR) is 88.9 cm³/mol. The maximum Gasteiger partial charge on any atom is 0.198 e. The molecule has 3 rings (SSSR count). The maximum atomic E-state index is 13.9. The van der Waals surface area contributed by atoms with Crippen molar-refractivity contribution < 1.29 is 13.6 Å². The molecule has 2 aromatic carbocycles. The summed E-state index contributed by atoms with van der Waals surface area (Å²) in [7, 11) is 0. The fourth-order valence-electron chi connectivity index (χ4n) is 2.33. The average Bonchev–Trinajstić information content (AvgIpc) is 2.55. The van der Waals surface area contributed by atoms with Crippen LogP contribution in [-0.2, 0) is 0 Å². The number of hydrogen-bond acceptors (Lipinski definition) is 3. The second kappa shape index (κ2) is 6.37. The van der Waals surface area contributed by atoms with Crippen LogP contribution in [0.5, 0.6) is 0 Å². The molecule has 24 heavy (non-hydrogen) atoms. The highest BCUT2D eigenvalue weighted by atomic mass is 35.5. The molecule has 0 aliphatic rings. The standard InChI is InChI=1S/C18H11ClF2N2O/c19-11-3-1-10(2-4-11)17-16(22)14(7-8-23-17)18(24)13-6-5-12(20)9-15(13)21/h1-9H,22H2. The van der Waals surface area contributed by atoms with Crippen LogP contribution < -0.4 is 5.73 Å². The minimum Gasteiger partial charge on any atom is -0.396 e. The van der Waals surface area contributed by atoms with Crippen LogP contribution in [0.25, 0.3) is 11.3 Å². The van der Waals surface area contributed by atoms with E-state index in [1.54, 1.807) is 24.3 Å². The zero-order valence-corrected chi connectivity index (χ0v) is 13.0. The summed E-state index contributed by atoms with van der Waals surface area (Å²) in [6.07, 6.45) is 1.41. The van der Waals surface area contributed by atoms with E-state index in [0.29, 0.717) is 22.3 Å². The van der Waals surface area contributed by atoms with Gasteiger partial charge < -0.3 is 5.73 Å². The third kappa shape index (κ3) is 2.98. The Labute approximate surface area is 141 Å². The highest BCUT2D eigenvalue weighted by Crippen LogP contribution is 2.29. The first-order valence-electron chi connectivity index (χ1n) is 6.97. The first kappa shape index (κ1) is 16.1. The molecular weight excluding hydrogens is 334 g/mol. The van der Waals surface area contributed by atoms with E-state index in [1.807, 2.05) is 0 Å². The molecular formula is C18H11ClF2N2O. The Bertz CT molecular complexity index is 927. The van der Waals surface area contributed by atoms with Gasteiger partial charge in [-0.1, -0.05) is 23.7 Å². The fraction of sp³-hybridized carbons (Fsp3) is 0. The lowest BCUT2D eigenvalue weighted by Crippen LogP contribution is -2.09. The van der Waals surface area contributed by atoms with E-state index in [1.165, 1.54) is 12.3 Å². The lowest BCUT2D eigenvalue weighted by atomic mass is 9.99. The van der Waals surface area contributed by atoms with Gasteiger partial charge in [-0.2, -0.15) is 0 Å². The number of hydrogen-bond donors (Lipinski definition) is 1. The van der Waals surface area contributed by atoms with E-state index in [0.717, 1.165) is 12.1 Å². The van der Waals surface area contributed by atoms with Gasteiger partial charge in [0.2, 0.25) is 0 Å². The van der Waals surface area contributed by atoms with Gasteiger partial charge in [-0.25, -0.2) is 8.78 Å². The van der Waals surface area contributed by atoms with E-state index < -0.39 is 17.4 Å². The quantitative estimate of drug-likeness (QED) is 0.712. The van der Waals surface area contributed by atoms with Crippen molar-refractivity contribution in [1.29, 1.82) is 0 Å². The van der Waals surface area contributed by atoms with Crippen LogP contribution in [0.15, 0.2) is 54.7 Å².